The zero-order valence-electron chi connectivity index (χ0n) is 7.93. The molecule has 0 aliphatic carbocycles. The van der Waals surface area contributed by atoms with Gasteiger partial charge >= 0.3 is 0 Å². The highest BCUT2D eigenvalue weighted by atomic mass is 15.2. The third-order valence-corrected chi connectivity index (χ3v) is 2.34. The van der Waals surface area contributed by atoms with E-state index < -0.39 is 0 Å². The molecule has 0 radical (unpaired) electrons. The second kappa shape index (κ2) is 3.80. The highest BCUT2D eigenvalue weighted by Crippen LogP contribution is 2.19. The number of rotatable bonds is 2. The summed E-state index contributed by atoms with van der Waals surface area (Å²) in [5.41, 5.74) is 1.55. The van der Waals surface area contributed by atoms with Gasteiger partial charge in [-0.25, -0.2) is 0 Å². The van der Waals surface area contributed by atoms with Crippen LogP contribution in [0.5, 0.6) is 0 Å². The van der Waals surface area contributed by atoms with Crippen LogP contribution in [0, 0.1) is 0 Å². The van der Waals surface area contributed by atoms with E-state index in [0.29, 0.717) is 6.04 Å². The Morgan fingerprint density at radius 3 is 2.73 bits per heavy atom. The van der Waals surface area contributed by atoms with Gasteiger partial charge in [0.25, 0.3) is 0 Å². The predicted molar refractivity (Wildman–Crippen MR) is 49.5 cm³/mol. The lowest BCUT2D eigenvalue weighted by molar-refractivity contribution is 0.260. The van der Waals surface area contributed by atoms with Crippen molar-refractivity contribution in [2.24, 2.45) is 0 Å². The topological polar surface area (TPSA) is 3.24 Å². The molecule has 0 aromatic carbocycles. The summed E-state index contributed by atoms with van der Waals surface area (Å²) in [6.07, 6.45) is 6.20. The van der Waals surface area contributed by atoms with Crippen molar-refractivity contribution >= 4 is 0 Å². The van der Waals surface area contributed by atoms with Gasteiger partial charge in [0.2, 0.25) is 0 Å². The van der Waals surface area contributed by atoms with Gasteiger partial charge in [-0.3, -0.25) is 0 Å². The summed E-state index contributed by atoms with van der Waals surface area (Å²) >= 11 is 0. The smallest absolute Gasteiger partial charge is 0.0230 e. The van der Waals surface area contributed by atoms with E-state index in [2.05, 4.69) is 31.7 Å². The Balaban J connectivity index is 2.62. The highest BCUT2D eigenvalue weighted by molar-refractivity contribution is 5.04. The molecular weight excluding hydrogens is 134 g/mol. The van der Waals surface area contributed by atoms with Gasteiger partial charge in [0.1, 0.15) is 0 Å². The molecule has 1 nitrogen and oxygen atoms in total. The van der Waals surface area contributed by atoms with Gasteiger partial charge in [0.15, 0.2) is 0 Å². The van der Waals surface area contributed by atoms with Crippen LogP contribution in [-0.2, 0) is 0 Å². The second-order valence-electron chi connectivity index (χ2n) is 3.48. The Labute approximate surface area is 70.1 Å². The van der Waals surface area contributed by atoms with Crippen molar-refractivity contribution in [1.82, 2.24) is 4.90 Å². The van der Waals surface area contributed by atoms with E-state index in [1.165, 1.54) is 25.8 Å². The average Bonchev–Trinajstić information content (AvgIpc) is 2.04. The van der Waals surface area contributed by atoms with Gasteiger partial charge in [-0.2, -0.15) is 0 Å². The van der Waals surface area contributed by atoms with E-state index in [1.807, 2.05) is 0 Å². The molecule has 0 N–H and O–H groups in total. The number of allylic oxidation sites excluding steroid dienone is 2. The maximum Gasteiger partial charge on any atom is 0.0230 e. The molecule has 0 fully saturated rings. The van der Waals surface area contributed by atoms with Gasteiger partial charge < -0.3 is 4.90 Å². The normalized spacial score (nSPS) is 18.9. The van der Waals surface area contributed by atoms with Gasteiger partial charge in [-0.05, 0) is 33.1 Å². The molecule has 11 heavy (non-hydrogen) atoms. The van der Waals surface area contributed by atoms with Crippen molar-refractivity contribution in [3.05, 3.63) is 11.8 Å². The minimum Gasteiger partial charge on any atom is -0.373 e. The Morgan fingerprint density at radius 1 is 1.55 bits per heavy atom. The van der Waals surface area contributed by atoms with Crippen LogP contribution in [0.15, 0.2) is 11.8 Å². The molecule has 0 aromatic rings. The molecular formula is C10H19N. The molecule has 0 saturated carbocycles. The van der Waals surface area contributed by atoms with Crippen molar-refractivity contribution in [3.63, 3.8) is 0 Å². The highest BCUT2D eigenvalue weighted by Gasteiger charge is 2.13. The largest absolute Gasteiger partial charge is 0.373 e. The first-order valence-corrected chi connectivity index (χ1v) is 4.71. The molecule has 0 unspecified atom stereocenters. The molecule has 0 saturated heterocycles. The lowest BCUT2D eigenvalue weighted by atomic mass is 10.1. The fourth-order valence-electron chi connectivity index (χ4n) is 1.73. The van der Waals surface area contributed by atoms with Crippen LogP contribution in [0.1, 0.15) is 40.0 Å². The molecule has 0 spiro atoms. The van der Waals surface area contributed by atoms with Gasteiger partial charge in [0.05, 0.1) is 0 Å². The van der Waals surface area contributed by atoms with Gasteiger partial charge in [-0.15, -0.1) is 0 Å². The van der Waals surface area contributed by atoms with E-state index in [0.717, 1.165) is 0 Å². The van der Waals surface area contributed by atoms with E-state index >= 15 is 0 Å². The van der Waals surface area contributed by atoms with Crippen molar-refractivity contribution in [2.75, 3.05) is 6.54 Å². The average molecular weight is 153 g/mol. The van der Waals surface area contributed by atoms with E-state index in [1.54, 1.807) is 5.70 Å². The Kier molecular flexibility index (Phi) is 2.98. The minimum atomic E-state index is 0.682. The van der Waals surface area contributed by atoms with Crippen molar-refractivity contribution < 1.29 is 0 Å². The zero-order valence-corrected chi connectivity index (χ0v) is 7.93. The number of hydrogen-bond acceptors (Lipinski definition) is 1. The molecule has 0 atom stereocenters. The van der Waals surface area contributed by atoms with Gasteiger partial charge in [0, 0.05) is 18.3 Å². The van der Waals surface area contributed by atoms with E-state index in [4.69, 9.17) is 0 Å². The molecule has 1 aliphatic heterocycles. The van der Waals surface area contributed by atoms with Crippen LogP contribution in [0.4, 0.5) is 0 Å². The SMILES string of the molecule is CCC1=CCCCN1C(C)C. The first-order chi connectivity index (χ1) is 5.25. The maximum absolute atomic E-state index is 2.52. The number of nitrogens with zero attached hydrogens (tertiary/aromatic N) is 1. The molecule has 1 rings (SSSR count). The summed E-state index contributed by atoms with van der Waals surface area (Å²) < 4.78 is 0. The molecule has 1 aliphatic rings. The molecule has 1 heteroatoms. The van der Waals surface area contributed by atoms with Gasteiger partial charge in [-0.1, -0.05) is 13.0 Å². The monoisotopic (exact) mass is 153 g/mol. The summed E-state index contributed by atoms with van der Waals surface area (Å²) in [6.45, 7) is 8.05. The molecule has 0 bridgehead atoms. The molecule has 0 aromatic heterocycles. The fourth-order valence-corrected chi connectivity index (χ4v) is 1.73. The van der Waals surface area contributed by atoms with Crippen molar-refractivity contribution in [3.8, 4) is 0 Å². The van der Waals surface area contributed by atoms with Crippen LogP contribution >= 0.6 is 0 Å². The summed E-state index contributed by atoms with van der Waals surface area (Å²) in [7, 11) is 0. The lowest BCUT2D eigenvalue weighted by Gasteiger charge is -2.33. The molecule has 1 heterocycles. The molecule has 64 valence electrons. The predicted octanol–water partition coefficient (Wildman–Crippen LogP) is 2.78. The van der Waals surface area contributed by atoms with E-state index in [-0.39, 0.29) is 0 Å². The summed E-state index contributed by atoms with van der Waals surface area (Å²) in [4.78, 5) is 2.52. The first-order valence-electron chi connectivity index (χ1n) is 4.71. The van der Waals surface area contributed by atoms with Crippen molar-refractivity contribution in [2.45, 2.75) is 46.1 Å². The second-order valence-corrected chi connectivity index (χ2v) is 3.48. The summed E-state index contributed by atoms with van der Waals surface area (Å²) in [5.74, 6) is 0. The third-order valence-electron chi connectivity index (χ3n) is 2.34. The molecule has 0 amide bonds. The lowest BCUT2D eigenvalue weighted by Crippen LogP contribution is -2.32. The van der Waals surface area contributed by atoms with Crippen molar-refractivity contribution in [1.29, 1.82) is 0 Å². The first kappa shape index (κ1) is 8.63. The van der Waals surface area contributed by atoms with Crippen LogP contribution in [-0.4, -0.2) is 17.5 Å². The fraction of sp³-hybridized carbons (Fsp3) is 0.800. The number of hydrogen-bond donors (Lipinski definition) is 0. The standard InChI is InChI=1S/C10H19N/c1-4-10-7-5-6-8-11(10)9(2)3/h7,9H,4-6,8H2,1-3H3. The van der Waals surface area contributed by atoms with Crippen LogP contribution in [0.3, 0.4) is 0 Å². The zero-order chi connectivity index (χ0) is 8.27. The Morgan fingerprint density at radius 2 is 2.27 bits per heavy atom. The van der Waals surface area contributed by atoms with Crippen LogP contribution in [0.2, 0.25) is 0 Å². The van der Waals surface area contributed by atoms with Crippen LogP contribution in [0.25, 0.3) is 0 Å². The quantitative estimate of drug-likeness (QED) is 0.589. The van der Waals surface area contributed by atoms with Crippen LogP contribution < -0.4 is 0 Å². The summed E-state index contributed by atoms with van der Waals surface area (Å²) in [6, 6.07) is 0.682. The summed E-state index contributed by atoms with van der Waals surface area (Å²) in [5, 5.41) is 0. The van der Waals surface area contributed by atoms with E-state index in [9.17, 15) is 0 Å². The minimum absolute atomic E-state index is 0.682. The Hall–Kier alpha value is -0.460. The maximum atomic E-state index is 2.52. The third kappa shape index (κ3) is 1.98. The Bertz CT molecular complexity index is 147.